The zero-order valence-electron chi connectivity index (χ0n) is 11.8. The zero-order chi connectivity index (χ0) is 14.8. The first-order valence-corrected chi connectivity index (χ1v) is 7.07. The van der Waals surface area contributed by atoms with Crippen molar-refractivity contribution < 1.29 is 14.3 Å². The van der Waals surface area contributed by atoms with Crippen molar-refractivity contribution >= 4 is 5.78 Å². The van der Waals surface area contributed by atoms with Gasteiger partial charge < -0.3 is 9.52 Å². The molecule has 4 nitrogen and oxygen atoms in total. The molecule has 0 amide bonds. The summed E-state index contributed by atoms with van der Waals surface area (Å²) in [6.07, 6.45) is 8.88. The van der Waals surface area contributed by atoms with Crippen LogP contribution in [-0.4, -0.2) is 10.9 Å². The number of allylic oxidation sites excluding steroid dienone is 1. The summed E-state index contributed by atoms with van der Waals surface area (Å²) in [4.78, 5) is 22.7. The van der Waals surface area contributed by atoms with E-state index in [4.69, 9.17) is 4.42 Å². The molecule has 0 atom stereocenters. The summed E-state index contributed by atoms with van der Waals surface area (Å²) in [6.45, 7) is 3.68. The number of rotatable bonds is 10. The average Bonchev–Trinajstić information content (AvgIpc) is 2.36. The van der Waals surface area contributed by atoms with Crippen LogP contribution >= 0.6 is 0 Å². The third-order valence-electron chi connectivity index (χ3n) is 3.04. The molecule has 1 rings (SSSR count). The molecule has 0 aliphatic heterocycles. The van der Waals surface area contributed by atoms with E-state index in [1.54, 1.807) is 0 Å². The van der Waals surface area contributed by atoms with E-state index in [0.717, 1.165) is 38.2 Å². The van der Waals surface area contributed by atoms with Crippen molar-refractivity contribution in [2.75, 3.05) is 0 Å². The van der Waals surface area contributed by atoms with Crippen molar-refractivity contribution in [1.29, 1.82) is 0 Å². The van der Waals surface area contributed by atoms with Crippen LogP contribution < -0.4 is 5.63 Å². The van der Waals surface area contributed by atoms with Crippen molar-refractivity contribution in [3.8, 4) is 5.75 Å². The summed E-state index contributed by atoms with van der Waals surface area (Å²) < 4.78 is 4.85. The number of unbranched alkanes of at least 4 members (excludes halogenated alkanes) is 5. The van der Waals surface area contributed by atoms with Crippen LogP contribution in [0.5, 0.6) is 5.75 Å². The van der Waals surface area contributed by atoms with Gasteiger partial charge in [0.05, 0.1) is 12.5 Å². The quantitative estimate of drug-likeness (QED) is 0.526. The van der Waals surface area contributed by atoms with Gasteiger partial charge in [0.25, 0.3) is 0 Å². The molecule has 0 saturated carbocycles. The number of Topliss-reactive ketones (excluding diaryl/α,β-unsaturated/α-hetero) is 1. The Kier molecular flexibility index (Phi) is 7.40. The standard InChI is InChI=1S/C16H22O4/c1-2-3-4-5-6-7-8-9-13(17)10-15-11-14(18)12-16(19)20-15/h2,11-12,18H,1,3-10H2. The van der Waals surface area contributed by atoms with Crippen molar-refractivity contribution in [3.05, 3.63) is 41.0 Å². The largest absolute Gasteiger partial charge is 0.508 e. The maximum absolute atomic E-state index is 11.7. The van der Waals surface area contributed by atoms with Crippen LogP contribution in [-0.2, 0) is 11.2 Å². The Morgan fingerprint density at radius 1 is 1.20 bits per heavy atom. The van der Waals surface area contributed by atoms with Gasteiger partial charge in [-0.25, -0.2) is 4.79 Å². The molecule has 4 heteroatoms. The van der Waals surface area contributed by atoms with E-state index in [0.29, 0.717) is 6.42 Å². The SMILES string of the molecule is C=CCCCCCCCC(=O)Cc1cc(O)cc(=O)o1. The monoisotopic (exact) mass is 278 g/mol. The first kappa shape index (κ1) is 16.2. The van der Waals surface area contributed by atoms with Gasteiger partial charge in [-0.15, -0.1) is 6.58 Å². The topological polar surface area (TPSA) is 67.5 Å². The lowest BCUT2D eigenvalue weighted by atomic mass is 10.1. The molecule has 110 valence electrons. The van der Waals surface area contributed by atoms with Gasteiger partial charge in [-0.2, -0.15) is 0 Å². The Bertz CT molecular complexity index is 487. The van der Waals surface area contributed by atoms with Crippen LogP contribution in [0.3, 0.4) is 0 Å². The summed E-state index contributed by atoms with van der Waals surface area (Å²) in [5.41, 5.74) is -0.630. The lowest BCUT2D eigenvalue weighted by Crippen LogP contribution is -2.06. The minimum absolute atomic E-state index is 0.0323. The Morgan fingerprint density at radius 3 is 2.60 bits per heavy atom. The van der Waals surface area contributed by atoms with Crippen molar-refractivity contribution in [3.63, 3.8) is 0 Å². The molecule has 0 aromatic carbocycles. The highest BCUT2D eigenvalue weighted by molar-refractivity contribution is 5.80. The fraction of sp³-hybridized carbons (Fsp3) is 0.500. The molecule has 1 aromatic rings. The Hall–Kier alpha value is -1.84. The maximum atomic E-state index is 11.7. The van der Waals surface area contributed by atoms with Crippen LogP contribution in [0.1, 0.15) is 50.7 Å². The molecule has 1 aromatic heterocycles. The minimum atomic E-state index is -0.630. The second-order valence-corrected chi connectivity index (χ2v) is 4.91. The van der Waals surface area contributed by atoms with Gasteiger partial charge in [-0.05, 0) is 19.3 Å². The number of ketones is 1. The summed E-state index contributed by atoms with van der Waals surface area (Å²) in [5, 5.41) is 9.25. The van der Waals surface area contributed by atoms with E-state index >= 15 is 0 Å². The van der Waals surface area contributed by atoms with E-state index in [9.17, 15) is 14.7 Å². The summed E-state index contributed by atoms with van der Waals surface area (Å²) >= 11 is 0. The van der Waals surface area contributed by atoms with Crippen LogP contribution in [0, 0.1) is 0 Å². The van der Waals surface area contributed by atoms with Crippen LogP contribution in [0.4, 0.5) is 0 Å². The fourth-order valence-corrected chi connectivity index (χ4v) is 2.03. The smallest absolute Gasteiger partial charge is 0.339 e. The Morgan fingerprint density at radius 2 is 1.90 bits per heavy atom. The molecule has 1 heterocycles. The molecule has 0 saturated heterocycles. The fourth-order valence-electron chi connectivity index (χ4n) is 2.03. The van der Waals surface area contributed by atoms with E-state index in [-0.39, 0.29) is 23.7 Å². The number of hydrogen-bond donors (Lipinski definition) is 1. The molecule has 0 aliphatic rings. The van der Waals surface area contributed by atoms with E-state index < -0.39 is 5.63 Å². The number of carbonyl (C=O) groups is 1. The van der Waals surface area contributed by atoms with Gasteiger partial charge in [0, 0.05) is 12.5 Å². The maximum Gasteiger partial charge on any atom is 0.339 e. The second kappa shape index (κ2) is 9.13. The molecule has 0 aliphatic carbocycles. The summed E-state index contributed by atoms with van der Waals surface area (Å²) in [6, 6.07) is 2.30. The highest BCUT2D eigenvalue weighted by Gasteiger charge is 2.07. The average molecular weight is 278 g/mol. The van der Waals surface area contributed by atoms with Gasteiger partial charge in [-0.1, -0.05) is 25.3 Å². The Balaban J connectivity index is 2.20. The molecule has 0 spiro atoms. The minimum Gasteiger partial charge on any atom is -0.508 e. The van der Waals surface area contributed by atoms with Gasteiger partial charge in [0.2, 0.25) is 0 Å². The van der Waals surface area contributed by atoms with Gasteiger partial charge in [-0.3, -0.25) is 4.79 Å². The van der Waals surface area contributed by atoms with Gasteiger partial charge >= 0.3 is 5.63 Å². The third-order valence-corrected chi connectivity index (χ3v) is 3.04. The molecule has 20 heavy (non-hydrogen) atoms. The van der Waals surface area contributed by atoms with Crippen molar-refractivity contribution in [2.24, 2.45) is 0 Å². The van der Waals surface area contributed by atoms with Crippen molar-refractivity contribution in [1.82, 2.24) is 0 Å². The second-order valence-electron chi connectivity index (χ2n) is 4.91. The highest BCUT2D eigenvalue weighted by Crippen LogP contribution is 2.11. The number of carbonyl (C=O) groups excluding carboxylic acids is 1. The molecule has 0 unspecified atom stereocenters. The van der Waals surface area contributed by atoms with Crippen LogP contribution in [0.25, 0.3) is 0 Å². The normalized spacial score (nSPS) is 10.4. The van der Waals surface area contributed by atoms with E-state index in [2.05, 4.69) is 6.58 Å². The molecular weight excluding hydrogens is 256 g/mol. The Labute approximate surface area is 119 Å². The van der Waals surface area contributed by atoms with E-state index in [1.807, 2.05) is 6.08 Å². The molecule has 0 fully saturated rings. The first-order chi connectivity index (χ1) is 9.61. The number of hydrogen-bond acceptors (Lipinski definition) is 4. The highest BCUT2D eigenvalue weighted by atomic mass is 16.4. The lowest BCUT2D eigenvalue weighted by molar-refractivity contribution is -0.118. The van der Waals surface area contributed by atoms with E-state index in [1.165, 1.54) is 12.5 Å². The molecule has 0 radical (unpaired) electrons. The third kappa shape index (κ3) is 6.92. The molecular formula is C16H22O4. The van der Waals surface area contributed by atoms with Crippen LogP contribution in [0.2, 0.25) is 0 Å². The predicted molar refractivity (Wildman–Crippen MR) is 77.9 cm³/mol. The molecule has 0 bridgehead atoms. The number of aromatic hydroxyl groups is 1. The first-order valence-electron chi connectivity index (χ1n) is 7.07. The lowest BCUT2D eigenvalue weighted by Gasteiger charge is -2.02. The van der Waals surface area contributed by atoms with Crippen LogP contribution in [0.15, 0.2) is 34.0 Å². The zero-order valence-corrected chi connectivity index (χ0v) is 11.8. The summed E-state index contributed by atoms with van der Waals surface area (Å²) in [5.74, 6) is 0.0992. The predicted octanol–water partition coefficient (Wildman–Crippen LogP) is 3.37. The summed E-state index contributed by atoms with van der Waals surface area (Å²) in [7, 11) is 0. The van der Waals surface area contributed by atoms with Gasteiger partial charge in [0.1, 0.15) is 17.3 Å². The molecule has 1 N–H and O–H groups in total. The van der Waals surface area contributed by atoms with Crippen molar-refractivity contribution in [2.45, 2.75) is 51.4 Å². The van der Waals surface area contributed by atoms with Gasteiger partial charge in [0.15, 0.2) is 0 Å².